The van der Waals surface area contributed by atoms with Gasteiger partial charge in [-0.2, -0.15) is 0 Å². The van der Waals surface area contributed by atoms with Crippen LogP contribution in [0.5, 0.6) is 0 Å². The number of ether oxygens (including phenoxy) is 3. The molecule has 1 aromatic rings. The Morgan fingerprint density at radius 1 is 0.933 bits per heavy atom. The Morgan fingerprint density at radius 3 is 2.03 bits per heavy atom. The topological polar surface area (TPSA) is 126 Å². The highest BCUT2D eigenvalue weighted by atomic mass is 16.8. The molecule has 2 rings (SSSR count). The largest absolute Gasteiger partial charge is 0.509 e. The molecule has 0 bridgehead atoms. The standard InChI is InChI=1S/C20H23NO9/c1-12(17(24)30-21-14(22)10-11-15(21)23)27-18(25)16(13-8-6-5-7-9-13)28-19(26)29-20(2,3)4/h5-9,12,16H,10-11H2,1-4H3/t12-,16-/m0/s1. The minimum absolute atomic E-state index is 0.0694. The van der Waals surface area contributed by atoms with Crippen molar-refractivity contribution < 1.29 is 43.0 Å². The zero-order chi connectivity index (χ0) is 22.5. The molecular weight excluding hydrogens is 398 g/mol. The molecule has 0 aromatic heterocycles. The van der Waals surface area contributed by atoms with Gasteiger partial charge >= 0.3 is 18.1 Å². The molecule has 1 heterocycles. The minimum atomic E-state index is -1.51. The van der Waals surface area contributed by atoms with Crippen LogP contribution in [0.3, 0.4) is 0 Å². The quantitative estimate of drug-likeness (QED) is 0.502. The molecule has 0 N–H and O–H groups in total. The molecule has 1 saturated heterocycles. The highest BCUT2D eigenvalue weighted by Gasteiger charge is 2.36. The van der Waals surface area contributed by atoms with Crippen LogP contribution < -0.4 is 0 Å². The molecule has 2 amide bonds. The Balaban J connectivity index is 2.07. The molecule has 1 fully saturated rings. The van der Waals surface area contributed by atoms with Crippen LogP contribution in [0.2, 0.25) is 0 Å². The summed E-state index contributed by atoms with van der Waals surface area (Å²) in [5, 5.41) is 0.346. The summed E-state index contributed by atoms with van der Waals surface area (Å²) in [6.45, 7) is 6.08. The van der Waals surface area contributed by atoms with E-state index in [1.807, 2.05) is 0 Å². The van der Waals surface area contributed by atoms with Gasteiger partial charge in [0.15, 0.2) is 6.10 Å². The third-order valence-corrected chi connectivity index (χ3v) is 3.73. The van der Waals surface area contributed by atoms with Gasteiger partial charge in [0, 0.05) is 18.4 Å². The molecule has 0 saturated carbocycles. The minimum Gasteiger partial charge on any atom is -0.448 e. The number of imide groups is 1. The molecule has 30 heavy (non-hydrogen) atoms. The number of hydrogen-bond acceptors (Lipinski definition) is 9. The molecule has 10 heteroatoms. The lowest BCUT2D eigenvalue weighted by Crippen LogP contribution is -2.38. The van der Waals surface area contributed by atoms with E-state index in [9.17, 15) is 24.0 Å². The van der Waals surface area contributed by atoms with E-state index in [1.165, 1.54) is 19.1 Å². The van der Waals surface area contributed by atoms with Crippen molar-refractivity contribution in [1.82, 2.24) is 5.06 Å². The zero-order valence-electron chi connectivity index (χ0n) is 17.1. The van der Waals surface area contributed by atoms with Gasteiger partial charge in [0.25, 0.3) is 11.8 Å². The predicted molar refractivity (Wildman–Crippen MR) is 99.2 cm³/mol. The Labute approximate surface area is 173 Å². The van der Waals surface area contributed by atoms with Crippen molar-refractivity contribution in [2.45, 2.75) is 58.3 Å². The number of amides is 2. The lowest BCUT2D eigenvalue weighted by molar-refractivity contribution is -0.206. The van der Waals surface area contributed by atoms with E-state index < -0.39 is 47.7 Å². The van der Waals surface area contributed by atoms with Gasteiger partial charge in [0.1, 0.15) is 5.60 Å². The average molecular weight is 421 g/mol. The number of rotatable bonds is 6. The van der Waals surface area contributed by atoms with E-state index in [1.54, 1.807) is 39.0 Å². The first kappa shape index (κ1) is 22.9. The molecule has 0 unspecified atom stereocenters. The summed E-state index contributed by atoms with van der Waals surface area (Å²) in [5.74, 6) is -3.52. The first-order valence-electron chi connectivity index (χ1n) is 9.20. The number of hydrogen-bond donors (Lipinski definition) is 0. The molecule has 0 spiro atoms. The Morgan fingerprint density at radius 2 is 1.50 bits per heavy atom. The van der Waals surface area contributed by atoms with Crippen molar-refractivity contribution in [1.29, 1.82) is 0 Å². The predicted octanol–water partition coefficient (Wildman–Crippen LogP) is 2.22. The maximum Gasteiger partial charge on any atom is 0.509 e. The molecule has 0 radical (unpaired) electrons. The van der Waals surface area contributed by atoms with Gasteiger partial charge in [-0.05, 0) is 27.7 Å². The van der Waals surface area contributed by atoms with Crippen LogP contribution in [0.25, 0.3) is 0 Å². The number of hydroxylamine groups is 2. The lowest BCUT2D eigenvalue weighted by atomic mass is 10.1. The Bertz CT molecular complexity index is 812. The van der Waals surface area contributed by atoms with Gasteiger partial charge in [-0.3, -0.25) is 9.59 Å². The van der Waals surface area contributed by atoms with Crippen LogP contribution >= 0.6 is 0 Å². The molecule has 0 aliphatic carbocycles. The van der Waals surface area contributed by atoms with E-state index in [0.29, 0.717) is 10.6 Å². The summed E-state index contributed by atoms with van der Waals surface area (Å²) >= 11 is 0. The summed E-state index contributed by atoms with van der Waals surface area (Å²) in [5.41, 5.74) is -0.562. The second kappa shape index (κ2) is 9.38. The van der Waals surface area contributed by atoms with Gasteiger partial charge in [-0.1, -0.05) is 30.3 Å². The molecular formula is C20H23NO9. The van der Waals surface area contributed by atoms with Crippen molar-refractivity contribution in [2.75, 3.05) is 0 Å². The SMILES string of the molecule is C[C@H](OC(=O)[C@@H](OC(=O)OC(C)(C)C)c1ccccc1)C(=O)ON1C(=O)CCC1=O. The molecule has 162 valence electrons. The van der Waals surface area contributed by atoms with Crippen LogP contribution in [0.4, 0.5) is 4.79 Å². The van der Waals surface area contributed by atoms with Gasteiger partial charge in [-0.25, -0.2) is 14.4 Å². The Hall–Kier alpha value is -3.43. The third kappa shape index (κ3) is 6.29. The van der Waals surface area contributed by atoms with Crippen LogP contribution in [0, 0.1) is 0 Å². The fourth-order valence-corrected chi connectivity index (χ4v) is 2.36. The Kier molecular flexibility index (Phi) is 7.14. The number of esters is 1. The van der Waals surface area contributed by atoms with Crippen molar-refractivity contribution in [2.24, 2.45) is 0 Å². The maximum atomic E-state index is 12.6. The van der Waals surface area contributed by atoms with Gasteiger partial charge < -0.3 is 19.0 Å². The van der Waals surface area contributed by atoms with Crippen molar-refractivity contribution in [3.8, 4) is 0 Å². The maximum absolute atomic E-state index is 12.6. The molecule has 1 aromatic carbocycles. The van der Waals surface area contributed by atoms with E-state index in [0.717, 1.165) is 0 Å². The fourth-order valence-electron chi connectivity index (χ4n) is 2.36. The highest BCUT2D eigenvalue weighted by Crippen LogP contribution is 2.22. The first-order chi connectivity index (χ1) is 14.0. The molecule has 1 aliphatic rings. The highest BCUT2D eigenvalue weighted by molar-refractivity contribution is 6.01. The third-order valence-electron chi connectivity index (χ3n) is 3.73. The van der Waals surface area contributed by atoms with E-state index >= 15 is 0 Å². The number of carbonyl (C=O) groups excluding carboxylic acids is 5. The van der Waals surface area contributed by atoms with Crippen molar-refractivity contribution in [3.05, 3.63) is 35.9 Å². The number of benzene rings is 1. The van der Waals surface area contributed by atoms with E-state index in [2.05, 4.69) is 0 Å². The average Bonchev–Trinajstić information content (AvgIpc) is 2.97. The van der Waals surface area contributed by atoms with Crippen molar-refractivity contribution in [3.63, 3.8) is 0 Å². The molecule has 1 aliphatic heterocycles. The number of nitrogens with zero attached hydrogens (tertiary/aromatic N) is 1. The van der Waals surface area contributed by atoms with Gasteiger partial charge in [-0.15, -0.1) is 5.06 Å². The monoisotopic (exact) mass is 421 g/mol. The first-order valence-corrected chi connectivity index (χ1v) is 9.20. The van der Waals surface area contributed by atoms with Crippen molar-refractivity contribution >= 4 is 29.9 Å². The number of carbonyl (C=O) groups is 5. The fraction of sp³-hybridized carbons (Fsp3) is 0.450. The molecule has 2 atom stereocenters. The summed E-state index contributed by atoms with van der Waals surface area (Å²) in [6.07, 6.45) is -4.23. The lowest BCUT2D eigenvalue weighted by Gasteiger charge is -2.23. The summed E-state index contributed by atoms with van der Waals surface area (Å²) in [4.78, 5) is 64.6. The second-order valence-corrected chi connectivity index (χ2v) is 7.44. The van der Waals surface area contributed by atoms with Gasteiger partial charge in [0.05, 0.1) is 0 Å². The summed E-state index contributed by atoms with van der Waals surface area (Å²) in [7, 11) is 0. The normalized spacial score (nSPS) is 15.9. The van der Waals surface area contributed by atoms with E-state index in [4.69, 9.17) is 19.0 Å². The van der Waals surface area contributed by atoms with E-state index in [-0.39, 0.29) is 12.8 Å². The summed E-state index contributed by atoms with van der Waals surface area (Å²) < 4.78 is 15.2. The smallest absolute Gasteiger partial charge is 0.448 e. The van der Waals surface area contributed by atoms with Crippen LogP contribution in [-0.2, 0) is 38.2 Å². The van der Waals surface area contributed by atoms with Crippen LogP contribution in [0.15, 0.2) is 30.3 Å². The second-order valence-electron chi connectivity index (χ2n) is 7.44. The van der Waals surface area contributed by atoms with Crippen LogP contribution in [-0.4, -0.2) is 46.7 Å². The molecule has 10 nitrogen and oxygen atoms in total. The summed E-state index contributed by atoms with van der Waals surface area (Å²) in [6, 6.07) is 8.00. The zero-order valence-corrected chi connectivity index (χ0v) is 17.1. The van der Waals surface area contributed by atoms with Gasteiger partial charge in [0.2, 0.25) is 6.10 Å². The van der Waals surface area contributed by atoms with Crippen LogP contribution in [0.1, 0.15) is 52.2 Å².